The number of hydrogen-bond acceptors (Lipinski definition) is 10. The fourth-order valence-corrected chi connectivity index (χ4v) is 9.16. The normalized spacial score (nSPS) is 29.2. The quantitative estimate of drug-likeness (QED) is 0.380. The topological polar surface area (TPSA) is 111 Å². The molecule has 0 spiro atoms. The van der Waals surface area contributed by atoms with Crippen molar-refractivity contribution in [3.05, 3.63) is 69.2 Å². The number of fused-ring (bicyclic) bond motifs is 7. The summed E-state index contributed by atoms with van der Waals surface area (Å²) in [6.45, 7) is 12.3. The van der Waals surface area contributed by atoms with Gasteiger partial charge < -0.3 is 43.8 Å². The van der Waals surface area contributed by atoms with E-state index in [0.717, 1.165) is 56.9 Å². The lowest BCUT2D eigenvalue weighted by Gasteiger charge is -2.57. The molecule has 11 heteroatoms. The van der Waals surface area contributed by atoms with Gasteiger partial charge in [0.2, 0.25) is 0 Å². The van der Waals surface area contributed by atoms with Crippen molar-refractivity contribution >= 4 is 12.6 Å². The van der Waals surface area contributed by atoms with E-state index in [0.29, 0.717) is 31.8 Å². The number of nitrogens with zero attached hydrogens (tertiary/aromatic N) is 1. The molecule has 258 valence electrons. The summed E-state index contributed by atoms with van der Waals surface area (Å²) in [7, 11) is 6.18. The van der Waals surface area contributed by atoms with Crippen LogP contribution in [-0.2, 0) is 25.2 Å². The van der Waals surface area contributed by atoms with Gasteiger partial charge in [0.1, 0.15) is 23.4 Å². The number of benzene rings is 2. The third-order valence-electron chi connectivity index (χ3n) is 11.2. The van der Waals surface area contributed by atoms with E-state index in [2.05, 4.69) is 62.2 Å². The lowest BCUT2D eigenvalue weighted by molar-refractivity contribution is -0.0199. The third kappa shape index (κ3) is 4.95. The number of phenolic OH excluding ortho intramolecular Hbond substituents is 1. The molecule has 1 aliphatic carbocycles. The Morgan fingerprint density at radius 2 is 1.58 bits per heavy atom. The second kappa shape index (κ2) is 12.0. The van der Waals surface area contributed by atoms with E-state index in [1.807, 2.05) is 6.92 Å². The van der Waals surface area contributed by atoms with Crippen LogP contribution in [-0.4, -0.2) is 88.6 Å². The first-order valence-corrected chi connectivity index (χ1v) is 16.9. The van der Waals surface area contributed by atoms with Gasteiger partial charge in [0.15, 0.2) is 11.5 Å². The Hall–Kier alpha value is -3.22. The molecule has 2 aromatic carbocycles. The fourth-order valence-electron chi connectivity index (χ4n) is 9.16. The number of rotatable bonds is 6. The maximum Gasteiger partial charge on any atom is 0.493 e. The molecule has 0 saturated carbocycles. The van der Waals surface area contributed by atoms with Gasteiger partial charge in [-0.15, -0.1) is 0 Å². The number of piperidine rings is 1. The van der Waals surface area contributed by atoms with Crippen molar-refractivity contribution in [1.82, 2.24) is 10.2 Å². The zero-order valence-electron chi connectivity index (χ0n) is 29.6. The first-order chi connectivity index (χ1) is 22.9. The van der Waals surface area contributed by atoms with Crippen LogP contribution in [0.1, 0.15) is 68.5 Å². The summed E-state index contributed by atoms with van der Waals surface area (Å²) in [5.74, 6) is 2.38. The molecule has 48 heavy (non-hydrogen) atoms. The fraction of sp³-hybridized carbons (Fsp3) is 0.568. The Morgan fingerprint density at radius 3 is 2.19 bits per heavy atom. The SMILES string of the molecule is COC1=C2C[C@H]3C4N[C@@H](Cc5c(OC)c(C)c(OC)c(O)c54)CN3[C@@H](c3ccc(B4OCC(C)(C)CO4)cc3)C2=C(O)C(OC)C1(C)C. The van der Waals surface area contributed by atoms with Gasteiger partial charge in [-0.3, -0.25) is 4.90 Å². The number of hydrogen-bond donors (Lipinski definition) is 3. The number of phenols is 1. The molecule has 2 bridgehead atoms. The van der Waals surface area contributed by atoms with Crippen LogP contribution in [0.2, 0.25) is 0 Å². The number of methoxy groups -OCH3 is 4. The second-order valence-corrected chi connectivity index (χ2v) is 15.3. The highest BCUT2D eigenvalue weighted by atomic mass is 16.6. The highest BCUT2D eigenvalue weighted by Crippen LogP contribution is 2.58. The number of aliphatic hydroxyl groups excluding tert-OH is 1. The summed E-state index contributed by atoms with van der Waals surface area (Å²) < 4.78 is 36.1. The molecule has 10 nitrogen and oxygen atoms in total. The molecule has 5 aliphatic rings. The Morgan fingerprint density at radius 1 is 0.917 bits per heavy atom. The van der Waals surface area contributed by atoms with Gasteiger partial charge in [0, 0.05) is 72.2 Å². The standard InChI is InChI=1S/C37H49BN2O8/c1-19-32(43-6)23-14-22-16-40-25(28(39-22)26(23)30(41)33(19)44-7)15-24-27(31(42)35(46-9)37(4,5)34(24)45-8)29(40)20-10-12-21(13-11-20)38-47-17-36(2,3)18-48-38/h10-13,22,25,28-29,35,39,41-42H,14-18H2,1-9H3/t22-,25-,28?,29-,35?/m0/s1. The minimum Gasteiger partial charge on any atom is -0.509 e. The molecule has 0 aromatic heterocycles. The third-order valence-corrected chi connectivity index (χ3v) is 11.2. The summed E-state index contributed by atoms with van der Waals surface area (Å²) >= 11 is 0. The molecule has 3 saturated heterocycles. The van der Waals surface area contributed by atoms with E-state index in [1.165, 1.54) is 0 Å². The van der Waals surface area contributed by atoms with Crippen LogP contribution in [0.5, 0.6) is 17.2 Å². The molecule has 0 amide bonds. The van der Waals surface area contributed by atoms with Crippen molar-refractivity contribution in [2.24, 2.45) is 10.8 Å². The number of ether oxygens (including phenoxy) is 4. The van der Waals surface area contributed by atoms with Crippen LogP contribution in [0.4, 0.5) is 0 Å². The summed E-state index contributed by atoms with van der Waals surface area (Å²) in [4.78, 5) is 2.49. The van der Waals surface area contributed by atoms with Gasteiger partial charge in [-0.2, -0.15) is 0 Å². The summed E-state index contributed by atoms with van der Waals surface area (Å²) in [6.07, 6.45) is 0.693. The van der Waals surface area contributed by atoms with Gasteiger partial charge in [0.25, 0.3) is 0 Å². The van der Waals surface area contributed by atoms with Gasteiger partial charge in [-0.1, -0.05) is 38.1 Å². The number of aromatic hydroxyl groups is 1. The number of aliphatic hydroxyl groups is 1. The van der Waals surface area contributed by atoms with E-state index in [9.17, 15) is 10.2 Å². The molecule has 2 unspecified atom stereocenters. The summed E-state index contributed by atoms with van der Waals surface area (Å²) in [5.41, 5.74) is 5.78. The highest BCUT2D eigenvalue weighted by molar-refractivity contribution is 6.61. The molecule has 3 N–H and O–H groups in total. The molecule has 4 aliphatic heterocycles. The molecule has 3 fully saturated rings. The van der Waals surface area contributed by atoms with Crippen LogP contribution in [0.15, 0.2) is 46.9 Å². The predicted octanol–water partition coefficient (Wildman–Crippen LogP) is 4.64. The van der Waals surface area contributed by atoms with Crippen LogP contribution in [0.3, 0.4) is 0 Å². The van der Waals surface area contributed by atoms with Crippen molar-refractivity contribution in [3.63, 3.8) is 0 Å². The van der Waals surface area contributed by atoms with Crippen LogP contribution in [0.25, 0.3) is 0 Å². The Kier molecular flexibility index (Phi) is 8.31. The van der Waals surface area contributed by atoms with E-state index < -0.39 is 18.6 Å². The monoisotopic (exact) mass is 660 g/mol. The van der Waals surface area contributed by atoms with Gasteiger partial charge in [-0.25, -0.2) is 0 Å². The molecule has 0 radical (unpaired) electrons. The highest BCUT2D eigenvalue weighted by Gasteiger charge is 2.55. The Balaban J connectivity index is 1.38. The van der Waals surface area contributed by atoms with Gasteiger partial charge in [-0.05, 0) is 44.6 Å². The van der Waals surface area contributed by atoms with Crippen LogP contribution < -0.4 is 20.3 Å². The summed E-state index contributed by atoms with van der Waals surface area (Å²) in [6, 6.07) is 7.85. The van der Waals surface area contributed by atoms with Crippen molar-refractivity contribution in [2.75, 3.05) is 48.2 Å². The minimum absolute atomic E-state index is 0.0217. The van der Waals surface area contributed by atoms with E-state index in [-0.39, 0.29) is 41.1 Å². The number of nitrogens with one attached hydrogen (secondary N) is 1. The molecular formula is C37H49BN2O8. The average Bonchev–Trinajstić information content (AvgIpc) is 3.05. The van der Waals surface area contributed by atoms with Crippen molar-refractivity contribution < 1.29 is 38.5 Å². The zero-order chi connectivity index (χ0) is 34.3. The lowest BCUT2D eigenvalue weighted by atomic mass is 9.66. The van der Waals surface area contributed by atoms with Gasteiger partial charge in [0.05, 0.1) is 38.8 Å². The zero-order valence-corrected chi connectivity index (χ0v) is 29.6. The summed E-state index contributed by atoms with van der Waals surface area (Å²) in [5, 5.41) is 27.8. The first kappa shape index (κ1) is 33.3. The van der Waals surface area contributed by atoms with E-state index in [1.54, 1.807) is 28.4 Å². The largest absolute Gasteiger partial charge is 0.509 e. The molecule has 2 aromatic rings. The average molecular weight is 661 g/mol. The van der Waals surface area contributed by atoms with Crippen LogP contribution in [0, 0.1) is 17.8 Å². The molecular weight excluding hydrogens is 611 g/mol. The minimum atomic E-state index is -0.618. The maximum atomic E-state index is 12.1. The second-order valence-electron chi connectivity index (χ2n) is 15.3. The Labute approximate surface area is 284 Å². The first-order valence-electron chi connectivity index (χ1n) is 16.9. The lowest BCUT2D eigenvalue weighted by Crippen LogP contribution is -2.63. The maximum absolute atomic E-state index is 12.1. The van der Waals surface area contributed by atoms with E-state index in [4.69, 9.17) is 28.3 Å². The van der Waals surface area contributed by atoms with Crippen molar-refractivity contribution in [2.45, 2.75) is 77.7 Å². The number of piperazine rings is 1. The molecule has 7 rings (SSSR count). The predicted molar refractivity (Wildman–Crippen MR) is 183 cm³/mol. The molecule has 5 atom stereocenters. The van der Waals surface area contributed by atoms with Gasteiger partial charge >= 0.3 is 7.12 Å². The smallest absolute Gasteiger partial charge is 0.493 e. The van der Waals surface area contributed by atoms with Crippen LogP contribution >= 0.6 is 0 Å². The molecule has 4 heterocycles. The van der Waals surface area contributed by atoms with Crippen molar-refractivity contribution in [3.8, 4) is 17.2 Å². The van der Waals surface area contributed by atoms with Crippen molar-refractivity contribution in [1.29, 1.82) is 0 Å². The Bertz CT molecular complexity index is 1660. The van der Waals surface area contributed by atoms with E-state index >= 15 is 0 Å².